The summed E-state index contributed by atoms with van der Waals surface area (Å²) in [6.07, 6.45) is 3.22. The van der Waals surface area contributed by atoms with Gasteiger partial charge >= 0.3 is 0 Å². The summed E-state index contributed by atoms with van der Waals surface area (Å²) in [7, 11) is 0. The topological polar surface area (TPSA) is 60.0 Å². The maximum absolute atomic E-state index is 12.4. The quantitative estimate of drug-likeness (QED) is 0.833. The Hall–Kier alpha value is -1.40. The number of piperazine rings is 1. The maximum Gasteiger partial charge on any atom is 0.227 e. The van der Waals surface area contributed by atoms with Crippen LogP contribution in [0.1, 0.15) is 29.9 Å². The van der Waals surface area contributed by atoms with Crippen molar-refractivity contribution < 1.29 is 19.0 Å². The van der Waals surface area contributed by atoms with Gasteiger partial charge in [-0.1, -0.05) is 5.16 Å². The summed E-state index contributed by atoms with van der Waals surface area (Å²) in [5, 5.41) is 3.92. The molecular weight excluding hydrogens is 282 g/mol. The van der Waals surface area contributed by atoms with E-state index >= 15 is 0 Å². The smallest absolute Gasteiger partial charge is 0.227 e. The number of quaternary nitrogens is 1. The molecule has 0 aliphatic carbocycles. The predicted octanol–water partition coefficient (Wildman–Crippen LogP) is -0.260. The van der Waals surface area contributed by atoms with Gasteiger partial charge in [0.25, 0.3) is 0 Å². The highest BCUT2D eigenvalue weighted by molar-refractivity contribution is 5.79. The van der Waals surface area contributed by atoms with E-state index in [2.05, 4.69) is 5.16 Å². The number of rotatable bonds is 4. The Kier molecular flexibility index (Phi) is 4.78. The normalized spacial score (nSPS) is 23.2. The molecule has 0 spiro atoms. The van der Waals surface area contributed by atoms with Crippen LogP contribution in [0.5, 0.6) is 0 Å². The minimum absolute atomic E-state index is 0.186. The number of nitrogens with zero attached hydrogens (tertiary/aromatic N) is 2. The number of aromatic nitrogens is 1. The summed E-state index contributed by atoms with van der Waals surface area (Å²) < 4.78 is 10.8. The van der Waals surface area contributed by atoms with Crippen molar-refractivity contribution in [2.75, 3.05) is 39.3 Å². The summed E-state index contributed by atoms with van der Waals surface area (Å²) >= 11 is 0. The lowest BCUT2D eigenvalue weighted by molar-refractivity contribution is -0.906. The van der Waals surface area contributed by atoms with Crippen molar-refractivity contribution in [2.24, 2.45) is 0 Å². The summed E-state index contributed by atoms with van der Waals surface area (Å²) in [6.45, 7) is 9.48. The minimum atomic E-state index is 0.186. The highest BCUT2D eigenvalue weighted by atomic mass is 16.5. The van der Waals surface area contributed by atoms with Crippen LogP contribution in [-0.4, -0.2) is 61.4 Å². The molecular formula is C16H26N3O3+. The number of carbonyl (C=O) groups is 1. The maximum atomic E-state index is 12.4. The Morgan fingerprint density at radius 2 is 2.14 bits per heavy atom. The summed E-state index contributed by atoms with van der Waals surface area (Å²) in [6, 6.07) is 0. The van der Waals surface area contributed by atoms with Crippen LogP contribution in [0.15, 0.2) is 4.52 Å². The predicted molar refractivity (Wildman–Crippen MR) is 80.8 cm³/mol. The lowest BCUT2D eigenvalue weighted by Gasteiger charge is -2.33. The molecule has 1 aromatic rings. The first-order valence-electron chi connectivity index (χ1n) is 8.28. The van der Waals surface area contributed by atoms with E-state index in [9.17, 15) is 4.79 Å². The van der Waals surface area contributed by atoms with E-state index in [4.69, 9.17) is 9.26 Å². The molecule has 2 saturated heterocycles. The minimum Gasteiger partial charge on any atom is -0.372 e. The molecule has 122 valence electrons. The van der Waals surface area contributed by atoms with Crippen molar-refractivity contribution in [3.63, 3.8) is 0 Å². The number of nitrogens with one attached hydrogen (secondary N) is 1. The highest BCUT2D eigenvalue weighted by Crippen LogP contribution is 2.14. The highest BCUT2D eigenvalue weighted by Gasteiger charge is 2.28. The van der Waals surface area contributed by atoms with E-state index < -0.39 is 0 Å². The van der Waals surface area contributed by atoms with Crippen LogP contribution in [0.4, 0.5) is 0 Å². The second-order valence-electron chi connectivity index (χ2n) is 6.45. The first-order chi connectivity index (χ1) is 10.6. The molecule has 0 unspecified atom stereocenters. The van der Waals surface area contributed by atoms with E-state index in [1.807, 2.05) is 18.7 Å². The van der Waals surface area contributed by atoms with Crippen LogP contribution in [0.2, 0.25) is 0 Å². The molecule has 0 radical (unpaired) electrons. The molecule has 3 rings (SSSR count). The summed E-state index contributed by atoms with van der Waals surface area (Å²) in [5.41, 5.74) is 1.77. The number of hydrogen-bond acceptors (Lipinski definition) is 4. The molecule has 6 heteroatoms. The number of amides is 1. The Labute approximate surface area is 131 Å². The van der Waals surface area contributed by atoms with Gasteiger partial charge in [-0.25, -0.2) is 0 Å². The van der Waals surface area contributed by atoms with E-state index in [0.717, 1.165) is 56.3 Å². The van der Waals surface area contributed by atoms with Crippen molar-refractivity contribution >= 4 is 5.91 Å². The van der Waals surface area contributed by atoms with Crippen LogP contribution in [-0.2, 0) is 16.0 Å². The Balaban J connectivity index is 1.47. The van der Waals surface area contributed by atoms with Crippen LogP contribution in [0.25, 0.3) is 0 Å². The van der Waals surface area contributed by atoms with Crippen molar-refractivity contribution in [1.82, 2.24) is 10.1 Å². The van der Waals surface area contributed by atoms with Crippen molar-refractivity contribution in [3.8, 4) is 0 Å². The number of hydrogen-bond donors (Lipinski definition) is 1. The first kappa shape index (κ1) is 15.5. The second kappa shape index (κ2) is 6.79. The molecule has 2 fully saturated rings. The second-order valence-corrected chi connectivity index (χ2v) is 6.45. The Bertz CT molecular complexity index is 495. The van der Waals surface area contributed by atoms with Crippen LogP contribution in [0.3, 0.4) is 0 Å². The zero-order valence-corrected chi connectivity index (χ0v) is 13.6. The first-order valence-corrected chi connectivity index (χ1v) is 8.28. The van der Waals surface area contributed by atoms with E-state index in [-0.39, 0.29) is 5.91 Å². The molecule has 1 amide bonds. The number of carbonyl (C=O) groups excluding carboxylic acids is 1. The molecule has 1 N–H and O–H groups in total. The number of aryl methyl sites for hydroxylation is 2. The molecule has 1 atom stereocenters. The third-order valence-corrected chi connectivity index (χ3v) is 4.87. The molecule has 2 aliphatic heterocycles. The Morgan fingerprint density at radius 1 is 1.36 bits per heavy atom. The molecule has 6 nitrogen and oxygen atoms in total. The van der Waals surface area contributed by atoms with Gasteiger partial charge in [0.1, 0.15) is 18.4 Å². The van der Waals surface area contributed by atoms with Gasteiger partial charge < -0.3 is 19.1 Å². The summed E-state index contributed by atoms with van der Waals surface area (Å²) in [5.74, 6) is 0.944. The fraction of sp³-hybridized carbons (Fsp3) is 0.750. The third-order valence-electron chi connectivity index (χ3n) is 4.87. The average molecular weight is 308 g/mol. The van der Waals surface area contributed by atoms with Gasteiger partial charge in [-0.2, -0.15) is 0 Å². The van der Waals surface area contributed by atoms with Gasteiger partial charge in [0.2, 0.25) is 5.91 Å². The van der Waals surface area contributed by atoms with Crippen LogP contribution >= 0.6 is 0 Å². The fourth-order valence-electron chi connectivity index (χ4n) is 3.42. The van der Waals surface area contributed by atoms with Gasteiger partial charge in [0, 0.05) is 12.2 Å². The molecule has 0 aromatic carbocycles. The van der Waals surface area contributed by atoms with E-state index in [1.165, 1.54) is 12.8 Å². The van der Waals surface area contributed by atoms with Crippen LogP contribution in [0, 0.1) is 13.8 Å². The lowest BCUT2D eigenvalue weighted by Crippen LogP contribution is -3.15. The fourth-order valence-corrected chi connectivity index (χ4v) is 3.42. The molecule has 0 saturated carbocycles. The van der Waals surface area contributed by atoms with E-state index in [0.29, 0.717) is 12.5 Å². The van der Waals surface area contributed by atoms with Gasteiger partial charge in [-0.3, -0.25) is 4.79 Å². The SMILES string of the molecule is Cc1noc(C)c1CC(=O)N1CC[NH+](C[C@H]2CCCO2)CC1. The number of ether oxygens (including phenoxy) is 1. The lowest BCUT2D eigenvalue weighted by atomic mass is 10.1. The van der Waals surface area contributed by atoms with Gasteiger partial charge in [0.05, 0.1) is 38.3 Å². The zero-order chi connectivity index (χ0) is 15.5. The molecule has 22 heavy (non-hydrogen) atoms. The van der Waals surface area contributed by atoms with Gasteiger partial charge in [0.15, 0.2) is 0 Å². The van der Waals surface area contributed by atoms with Crippen molar-refractivity contribution in [1.29, 1.82) is 0 Å². The van der Waals surface area contributed by atoms with Crippen LogP contribution < -0.4 is 4.90 Å². The summed E-state index contributed by atoms with van der Waals surface area (Å²) in [4.78, 5) is 16.0. The zero-order valence-electron chi connectivity index (χ0n) is 13.6. The molecule has 1 aromatic heterocycles. The molecule has 3 heterocycles. The molecule has 0 bridgehead atoms. The average Bonchev–Trinajstić information content (AvgIpc) is 3.13. The van der Waals surface area contributed by atoms with E-state index in [1.54, 1.807) is 4.90 Å². The van der Waals surface area contributed by atoms with Gasteiger partial charge in [-0.05, 0) is 26.7 Å². The van der Waals surface area contributed by atoms with Gasteiger partial charge in [-0.15, -0.1) is 0 Å². The third kappa shape index (κ3) is 3.50. The monoisotopic (exact) mass is 308 g/mol. The standard InChI is InChI=1S/C16H25N3O3/c1-12-15(13(2)22-17-12)10-16(20)19-7-5-18(6-8-19)11-14-4-3-9-21-14/h14H,3-11H2,1-2H3/p+1/t14-/m1/s1. The largest absolute Gasteiger partial charge is 0.372 e. The van der Waals surface area contributed by atoms with Crippen molar-refractivity contribution in [3.05, 3.63) is 17.0 Å². The van der Waals surface area contributed by atoms with Crippen molar-refractivity contribution in [2.45, 2.75) is 39.2 Å². The molecule has 2 aliphatic rings. The Morgan fingerprint density at radius 3 is 2.73 bits per heavy atom.